The van der Waals surface area contributed by atoms with Gasteiger partial charge in [0.1, 0.15) is 41.0 Å². The highest BCUT2D eigenvalue weighted by molar-refractivity contribution is 5.91. The standard InChI is InChI=1S/C38H34F2N6O7/c1-2-18-44-24-35(47)45-33(19-25-8-14-30(15-9-25)52-38(50)53-31-16-12-29(42-51)13-17-31)36(48)43(22-27-10-11-28(39)20-32(27)40)23-34(45)46(44)37(49)41-21-26-6-4-3-5-7-26/h2-17,20,33-34H,1,18-19,21-24H2,(H,41,49)/t33-,34-/m0/s1. The number of rotatable bonds is 11. The van der Waals surface area contributed by atoms with Crippen LogP contribution in [0, 0.1) is 16.5 Å². The number of halogens is 2. The monoisotopic (exact) mass is 724 g/mol. The molecule has 2 fully saturated rings. The molecule has 0 aliphatic carbocycles. The molecule has 2 aliphatic rings. The minimum Gasteiger partial charge on any atom is -0.395 e. The molecule has 1 N–H and O–H groups in total. The lowest BCUT2D eigenvalue weighted by molar-refractivity contribution is -0.189. The van der Waals surface area contributed by atoms with Gasteiger partial charge in [0.2, 0.25) is 11.8 Å². The van der Waals surface area contributed by atoms with E-state index < -0.39 is 47.8 Å². The van der Waals surface area contributed by atoms with Crippen molar-refractivity contribution in [1.29, 1.82) is 0 Å². The summed E-state index contributed by atoms with van der Waals surface area (Å²) < 4.78 is 39.1. The van der Waals surface area contributed by atoms with Gasteiger partial charge in [0.15, 0.2) is 0 Å². The summed E-state index contributed by atoms with van der Waals surface area (Å²) in [5.41, 5.74) is 1.64. The summed E-state index contributed by atoms with van der Waals surface area (Å²) in [6.07, 6.45) is -0.483. The maximum absolute atomic E-state index is 14.9. The molecule has 53 heavy (non-hydrogen) atoms. The summed E-state index contributed by atoms with van der Waals surface area (Å²) in [6, 6.07) is 22.4. The summed E-state index contributed by atoms with van der Waals surface area (Å²) in [6.45, 7) is 3.49. The Morgan fingerprint density at radius 1 is 0.906 bits per heavy atom. The normalized spacial score (nSPS) is 17.2. The molecular weight excluding hydrogens is 690 g/mol. The van der Waals surface area contributed by atoms with Crippen molar-refractivity contribution < 1.29 is 37.4 Å². The number of carbonyl (C=O) groups is 4. The molecule has 2 atom stereocenters. The Labute approximate surface area is 302 Å². The summed E-state index contributed by atoms with van der Waals surface area (Å²) >= 11 is 0. The number of urea groups is 1. The van der Waals surface area contributed by atoms with E-state index in [1.807, 2.05) is 30.3 Å². The third kappa shape index (κ3) is 8.53. The Bertz CT molecular complexity index is 2000. The van der Waals surface area contributed by atoms with E-state index in [1.165, 1.54) is 57.3 Å². The number of hydrazine groups is 1. The second-order valence-electron chi connectivity index (χ2n) is 12.3. The van der Waals surface area contributed by atoms with Crippen LogP contribution in [0.1, 0.15) is 16.7 Å². The maximum Gasteiger partial charge on any atom is 0.519 e. The Hall–Kier alpha value is -6.48. The lowest BCUT2D eigenvalue weighted by atomic mass is 9.98. The molecule has 272 valence electrons. The molecule has 13 nitrogen and oxygen atoms in total. The summed E-state index contributed by atoms with van der Waals surface area (Å²) in [5.74, 6) is -2.26. The second kappa shape index (κ2) is 16.2. The molecule has 6 rings (SSSR count). The zero-order valence-electron chi connectivity index (χ0n) is 28.3. The fraction of sp³-hybridized carbons (Fsp3) is 0.211. The highest BCUT2D eigenvalue weighted by atomic mass is 19.1. The van der Waals surface area contributed by atoms with Crippen LogP contribution in [0.4, 0.5) is 24.1 Å². The molecule has 2 aliphatic heterocycles. The van der Waals surface area contributed by atoms with Crippen molar-refractivity contribution in [2.45, 2.75) is 31.7 Å². The van der Waals surface area contributed by atoms with Gasteiger partial charge in [0.25, 0.3) is 0 Å². The van der Waals surface area contributed by atoms with E-state index in [0.29, 0.717) is 5.56 Å². The van der Waals surface area contributed by atoms with Gasteiger partial charge in [0, 0.05) is 37.7 Å². The topological polar surface area (TPSA) is 141 Å². The molecule has 4 amide bonds. The smallest absolute Gasteiger partial charge is 0.395 e. The minimum atomic E-state index is -1.12. The first-order valence-electron chi connectivity index (χ1n) is 16.6. The van der Waals surface area contributed by atoms with Crippen LogP contribution in [0.15, 0.2) is 115 Å². The predicted molar refractivity (Wildman–Crippen MR) is 187 cm³/mol. The second-order valence-corrected chi connectivity index (χ2v) is 12.3. The van der Waals surface area contributed by atoms with Crippen molar-refractivity contribution in [2.24, 2.45) is 5.18 Å². The van der Waals surface area contributed by atoms with Gasteiger partial charge in [-0.3, -0.25) is 9.59 Å². The number of nitroso groups, excluding NO2 is 1. The van der Waals surface area contributed by atoms with Crippen molar-refractivity contribution in [3.8, 4) is 11.5 Å². The van der Waals surface area contributed by atoms with Crippen LogP contribution < -0.4 is 14.8 Å². The van der Waals surface area contributed by atoms with Gasteiger partial charge in [0.05, 0.1) is 13.1 Å². The Kier molecular flexibility index (Phi) is 11.1. The van der Waals surface area contributed by atoms with Gasteiger partial charge >= 0.3 is 12.2 Å². The number of benzene rings is 4. The number of fused-ring (bicyclic) bond motifs is 1. The van der Waals surface area contributed by atoms with Crippen LogP contribution in [0.2, 0.25) is 0 Å². The SMILES string of the molecule is C=CCN1CC(=O)N2[C@@H](Cc3ccc(OC(=O)Oc4ccc(N=O)cc4)cc3)C(=O)N(Cc3ccc(F)cc3F)C[C@@H]2N1C(=O)NCc1ccccc1. The first-order chi connectivity index (χ1) is 25.6. The number of carbonyl (C=O) groups excluding carboxylic acids is 4. The van der Waals surface area contributed by atoms with Crippen molar-refractivity contribution in [2.75, 3.05) is 19.6 Å². The molecule has 2 heterocycles. The van der Waals surface area contributed by atoms with Crippen LogP contribution in [0.3, 0.4) is 0 Å². The third-order valence-electron chi connectivity index (χ3n) is 8.74. The van der Waals surface area contributed by atoms with E-state index in [2.05, 4.69) is 17.1 Å². The van der Waals surface area contributed by atoms with E-state index in [0.717, 1.165) is 17.7 Å². The van der Waals surface area contributed by atoms with E-state index in [1.54, 1.807) is 23.2 Å². The third-order valence-corrected chi connectivity index (χ3v) is 8.74. The van der Waals surface area contributed by atoms with Crippen molar-refractivity contribution in [3.05, 3.63) is 143 Å². The van der Waals surface area contributed by atoms with Crippen molar-refractivity contribution in [3.63, 3.8) is 0 Å². The van der Waals surface area contributed by atoms with Gasteiger partial charge < -0.3 is 24.6 Å². The number of hydrogen-bond acceptors (Lipinski definition) is 9. The molecule has 0 saturated carbocycles. The molecule has 4 aromatic rings. The number of amides is 4. The Morgan fingerprint density at radius 3 is 2.23 bits per heavy atom. The fourth-order valence-corrected chi connectivity index (χ4v) is 6.26. The molecule has 4 aromatic carbocycles. The van der Waals surface area contributed by atoms with Crippen LogP contribution in [-0.4, -0.2) is 75.7 Å². The Morgan fingerprint density at radius 2 is 1.58 bits per heavy atom. The van der Waals surface area contributed by atoms with E-state index in [-0.39, 0.29) is 61.9 Å². The first kappa shape index (κ1) is 36.3. The van der Waals surface area contributed by atoms with Crippen LogP contribution in [0.25, 0.3) is 0 Å². The van der Waals surface area contributed by atoms with Crippen LogP contribution >= 0.6 is 0 Å². The molecule has 0 radical (unpaired) electrons. The zero-order valence-corrected chi connectivity index (χ0v) is 28.3. The lowest BCUT2D eigenvalue weighted by Crippen LogP contribution is -2.76. The predicted octanol–water partition coefficient (Wildman–Crippen LogP) is 5.68. The fourth-order valence-electron chi connectivity index (χ4n) is 6.26. The highest BCUT2D eigenvalue weighted by Gasteiger charge is 2.51. The number of hydrogen-bond donors (Lipinski definition) is 1. The quantitative estimate of drug-likeness (QED) is 0.0903. The minimum absolute atomic E-state index is 0.00769. The number of nitrogens with zero attached hydrogens (tertiary/aromatic N) is 5. The average molecular weight is 725 g/mol. The van der Waals surface area contributed by atoms with Gasteiger partial charge in [-0.25, -0.2) is 28.4 Å². The van der Waals surface area contributed by atoms with Gasteiger partial charge in [-0.05, 0) is 58.8 Å². The zero-order chi connectivity index (χ0) is 37.5. The van der Waals surface area contributed by atoms with E-state index in [4.69, 9.17) is 9.47 Å². The van der Waals surface area contributed by atoms with E-state index >= 15 is 0 Å². The molecule has 0 bridgehead atoms. The van der Waals surface area contributed by atoms with Gasteiger partial charge in [-0.1, -0.05) is 54.6 Å². The van der Waals surface area contributed by atoms with Gasteiger partial charge in [-0.15, -0.1) is 11.5 Å². The lowest BCUT2D eigenvalue weighted by Gasteiger charge is -2.55. The molecule has 0 spiro atoms. The van der Waals surface area contributed by atoms with Crippen molar-refractivity contribution in [1.82, 2.24) is 25.1 Å². The number of nitrogens with one attached hydrogen (secondary N) is 1. The van der Waals surface area contributed by atoms with Crippen molar-refractivity contribution >= 4 is 29.7 Å². The molecule has 0 aromatic heterocycles. The molecule has 0 unspecified atom stereocenters. The average Bonchev–Trinajstić information content (AvgIpc) is 3.15. The van der Waals surface area contributed by atoms with E-state index in [9.17, 15) is 32.9 Å². The first-order valence-corrected chi connectivity index (χ1v) is 16.6. The maximum atomic E-state index is 14.9. The molecule has 15 heteroatoms. The largest absolute Gasteiger partial charge is 0.519 e. The van der Waals surface area contributed by atoms with Crippen LogP contribution in [0.5, 0.6) is 11.5 Å². The molecular formula is C38H34F2N6O7. The number of ether oxygens (including phenoxy) is 2. The summed E-state index contributed by atoms with van der Waals surface area (Å²) in [4.78, 5) is 67.7. The van der Waals surface area contributed by atoms with Gasteiger partial charge in [-0.2, -0.15) is 0 Å². The highest BCUT2D eigenvalue weighted by Crippen LogP contribution is 2.30. The Balaban J connectivity index is 1.25. The molecule has 2 saturated heterocycles. The van der Waals surface area contributed by atoms with Crippen LogP contribution in [-0.2, 0) is 29.1 Å². The summed E-state index contributed by atoms with van der Waals surface area (Å²) in [5, 5.41) is 8.63. The summed E-state index contributed by atoms with van der Waals surface area (Å²) in [7, 11) is 0. The number of piperazine rings is 1.